The molecule has 212 valence electrons. The van der Waals surface area contributed by atoms with E-state index >= 15 is 0 Å². The number of carbonyl (C=O) groups excluding carboxylic acids is 1. The van der Waals surface area contributed by atoms with Gasteiger partial charge in [-0.3, -0.25) is 19.1 Å². The average molecular weight is 568 g/mol. The van der Waals surface area contributed by atoms with Gasteiger partial charge in [-0.25, -0.2) is 0 Å². The third kappa shape index (κ3) is 4.58. The number of hydrogen-bond donors (Lipinski definition) is 1. The van der Waals surface area contributed by atoms with Crippen molar-refractivity contribution >= 4 is 28.6 Å². The summed E-state index contributed by atoms with van der Waals surface area (Å²) in [7, 11) is 0. The second-order valence-electron chi connectivity index (χ2n) is 9.67. The number of aromatic nitrogens is 2. The van der Waals surface area contributed by atoms with E-state index < -0.39 is 30.0 Å². The highest BCUT2D eigenvalue weighted by Crippen LogP contribution is 2.46. The van der Waals surface area contributed by atoms with Gasteiger partial charge in [0, 0.05) is 28.8 Å². The molecule has 2 aliphatic heterocycles. The van der Waals surface area contributed by atoms with E-state index in [9.17, 15) is 27.9 Å². The fraction of sp³-hybridized carbons (Fsp3) is 0.276. The fourth-order valence-electron chi connectivity index (χ4n) is 5.44. The van der Waals surface area contributed by atoms with Gasteiger partial charge in [0.1, 0.15) is 18.1 Å². The van der Waals surface area contributed by atoms with E-state index in [4.69, 9.17) is 14.2 Å². The Morgan fingerprint density at radius 1 is 1.07 bits per heavy atom. The minimum Gasteiger partial charge on any atom is -0.493 e. The molecule has 1 N–H and O–H groups in total. The molecular weight excluding hydrogens is 543 g/mol. The maximum absolute atomic E-state index is 14.0. The number of aliphatic carboxylic acids is 1. The minimum atomic E-state index is -5.17. The highest BCUT2D eigenvalue weighted by Gasteiger charge is 2.48. The number of alkyl halides is 3. The molecule has 0 fully saturated rings. The molecule has 0 bridgehead atoms. The summed E-state index contributed by atoms with van der Waals surface area (Å²) >= 11 is 0. The molecular formula is C29H24F3N3O6. The number of para-hydroxylation sites is 3. The Labute approximate surface area is 231 Å². The first kappa shape index (κ1) is 26.5. The summed E-state index contributed by atoms with van der Waals surface area (Å²) in [6, 6.07) is 15.8. The van der Waals surface area contributed by atoms with Gasteiger partial charge in [-0.1, -0.05) is 30.3 Å². The van der Waals surface area contributed by atoms with Crippen molar-refractivity contribution in [2.45, 2.75) is 31.5 Å². The lowest BCUT2D eigenvalue weighted by Crippen LogP contribution is -2.44. The molecule has 41 heavy (non-hydrogen) atoms. The molecule has 1 aromatic heterocycles. The molecule has 2 aliphatic rings. The summed E-state index contributed by atoms with van der Waals surface area (Å²) in [5.41, 5.74) is 2.79. The molecule has 0 unspecified atom stereocenters. The zero-order valence-electron chi connectivity index (χ0n) is 21.7. The van der Waals surface area contributed by atoms with Crippen molar-refractivity contribution in [3.05, 3.63) is 71.8 Å². The van der Waals surface area contributed by atoms with Gasteiger partial charge in [-0.05, 0) is 31.2 Å². The van der Waals surface area contributed by atoms with Crippen LogP contribution in [0.1, 0.15) is 36.4 Å². The lowest BCUT2D eigenvalue weighted by molar-refractivity contribution is -0.171. The lowest BCUT2D eigenvalue weighted by atomic mass is 9.97. The van der Waals surface area contributed by atoms with Gasteiger partial charge in [-0.15, -0.1) is 0 Å². The van der Waals surface area contributed by atoms with Crippen LogP contribution in [0.3, 0.4) is 0 Å². The van der Waals surface area contributed by atoms with Gasteiger partial charge in [0.25, 0.3) is 0 Å². The Morgan fingerprint density at radius 3 is 2.63 bits per heavy atom. The molecule has 12 heteroatoms. The molecule has 6 rings (SSSR count). The van der Waals surface area contributed by atoms with Crippen molar-refractivity contribution in [3.8, 4) is 23.2 Å². The number of ether oxygens (including phenoxy) is 3. The molecule has 9 nitrogen and oxygen atoms in total. The minimum absolute atomic E-state index is 0.0445. The SMILES string of the molecule is CCOc1nc2ccccc2n1-c1cccc2c1OC[C@@H]2N(C(=O)C(F)(F)F)c1ccc2c(c1)OC[C@H]2CC(=O)O. The number of amides is 1. The Bertz CT molecular complexity index is 1670. The number of anilines is 1. The summed E-state index contributed by atoms with van der Waals surface area (Å²) in [6.07, 6.45) is -5.36. The number of nitrogens with zero attached hydrogens (tertiary/aromatic N) is 3. The molecule has 0 saturated carbocycles. The number of imidazole rings is 1. The van der Waals surface area contributed by atoms with Crippen LogP contribution in [-0.4, -0.2) is 52.5 Å². The predicted octanol–water partition coefficient (Wildman–Crippen LogP) is 5.40. The topological polar surface area (TPSA) is 103 Å². The second kappa shape index (κ2) is 10.0. The van der Waals surface area contributed by atoms with Crippen LogP contribution in [0.15, 0.2) is 60.7 Å². The molecule has 3 aromatic carbocycles. The van der Waals surface area contributed by atoms with Gasteiger partial charge in [0.2, 0.25) is 0 Å². The fourth-order valence-corrected chi connectivity index (χ4v) is 5.44. The number of carbonyl (C=O) groups is 2. The van der Waals surface area contributed by atoms with E-state index in [2.05, 4.69) is 4.98 Å². The standard InChI is InChI=1S/C29H24F3N3O6/c1-2-39-28-33-20-7-3-4-8-21(20)35(28)22-9-5-6-19-23(15-41-26(19)22)34(27(38)29(30,31)32)17-10-11-18-16(12-25(36)37)14-40-24(18)13-17/h3-11,13,16,23H,2,12,14-15H2,1H3,(H,36,37)/t16-,23+/m1/s1. The maximum atomic E-state index is 14.0. The van der Waals surface area contributed by atoms with Crippen LogP contribution in [0.4, 0.5) is 18.9 Å². The summed E-state index contributed by atoms with van der Waals surface area (Å²) in [4.78, 5) is 29.3. The monoisotopic (exact) mass is 567 g/mol. The number of benzene rings is 3. The van der Waals surface area contributed by atoms with Gasteiger partial charge in [0.15, 0.2) is 0 Å². The molecule has 2 atom stereocenters. The highest BCUT2D eigenvalue weighted by atomic mass is 19.4. The van der Waals surface area contributed by atoms with Crippen molar-refractivity contribution in [3.63, 3.8) is 0 Å². The quantitative estimate of drug-likeness (QED) is 0.319. The van der Waals surface area contributed by atoms with Crippen molar-refractivity contribution in [1.29, 1.82) is 0 Å². The highest BCUT2D eigenvalue weighted by molar-refractivity contribution is 5.98. The number of halogens is 3. The van der Waals surface area contributed by atoms with Crippen LogP contribution in [-0.2, 0) is 9.59 Å². The second-order valence-corrected chi connectivity index (χ2v) is 9.67. The zero-order valence-corrected chi connectivity index (χ0v) is 21.7. The molecule has 1 amide bonds. The summed E-state index contributed by atoms with van der Waals surface area (Å²) in [5, 5.41) is 9.18. The van der Waals surface area contributed by atoms with E-state index in [0.717, 1.165) is 0 Å². The first-order valence-electron chi connectivity index (χ1n) is 12.9. The van der Waals surface area contributed by atoms with Crippen LogP contribution in [0.5, 0.6) is 17.5 Å². The summed E-state index contributed by atoms with van der Waals surface area (Å²) in [6.45, 7) is 2.00. The van der Waals surface area contributed by atoms with Crippen molar-refractivity contribution in [1.82, 2.24) is 9.55 Å². The van der Waals surface area contributed by atoms with E-state index in [-0.39, 0.29) is 31.1 Å². The molecule has 0 aliphatic carbocycles. The largest absolute Gasteiger partial charge is 0.493 e. The average Bonchev–Trinajstić information content (AvgIpc) is 3.64. The van der Waals surface area contributed by atoms with E-state index in [1.165, 1.54) is 18.2 Å². The lowest BCUT2D eigenvalue weighted by Gasteiger charge is -2.29. The van der Waals surface area contributed by atoms with Gasteiger partial charge in [0.05, 0.1) is 42.4 Å². The van der Waals surface area contributed by atoms with Crippen molar-refractivity contribution < 1.29 is 42.1 Å². The van der Waals surface area contributed by atoms with Crippen molar-refractivity contribution in [2.24, 2.45) is 0 Å². The van der Waals surface area contributed by atoms with Gasteiger partial charge >= 0.3 is 24.1 Å². The Kier molecular flexibility index (Phi) is 6.47. The zero-order chi connectivity index (χ0) is 28.9. The van der Waals surface area contributed by atoms with Crippen LogP contribution >= 0.6 is 0 Å². The van der Waals surface area contributed by atoms with Crippen LogP contribution in [0, 0.1) is 0 Å². The third-order valence-electron chi connectivity index (χ3n) is 7.16. The molecule has 0 saturated heterocycles. The Balaban J connectivity index is 1.45. The van der Waals surface area contributed by atoms with E-state index in [1.54, 1.807) is 22.8 Å². The normalized spacial score (nSPS) is 17.5. The Hall–Kier alpha value is -4.74. The van der Waals surface area contributed by atoms with Crippen LogP contribution in [0.2, 0.25) is 0 Å². The molecule has 0 radical (unpaired) electrons. The summed E-state index contributed by atoms with van der Waals surface area (Å²) in [5.74, 6) is -2.97. The number of carboxylic acids is 1. The van der Waals surface area contributed by atoms with Crippen LogP contribution < -0.4 is 19.1 Å². The van der Waals surface area contributed by atoms with Crippen molar-refractivity contribution in [2.75, 3.05) is 24.7 Å². The van der Waals surface area contributed by atoms with E-state index in [0.29, 0.717) is 51.1 Å². The summed E-state index contributed by atoms with van der Waals surface area (Å²) < 4.78 is 61.0. The predicted molar refractivity (Wildman–Crippen MR) is 141 cm³/mol. The Morgan fingerprint density at radius 2 is 1.88 bits per heavy atom. The van der Waals surface area contributed by atoms with Gasteiger partial charge in [-0.2, -0.15) is 18.2 Å². The third-order valence-corrected chi connectivity index (χ3v) is 7.16. The number of hydrogen-bond acceptors (Lipinski definition) is 6. The number of fused-ring (bicyclic) bond motifs is 3. The smallest absolute Gasteiger partial charge is 0.471 e. The van der Waals surface area contributed by atoms with E-state index in [1.807, 2.05) is 31.2 Å². The molecule has 0 spiro atoms. The maximum Gasteiger partial charge on any atom is 0.471 e. The number of rotatable bonds is 7. The molecule has 3 heterocycles. The molecule has 4 aromatic rings. The van der Waals surface area contributed by atoms with Gasteiger partial charge < -0.3 is 19.3 Å². The first-order valence-corrected chi connectivity index (χ1v) is 12.9. The van der Waals surface area contributed by atoms with Crippen LogP contribution in [0.25, 0.3) is 16.7 Å². The number of carboxylic acid groups (broad SMARTS) is 1. The first-order chi connectivity index (χ1) is 19.7.